The van der Waals surface area contributed by atoms with E-state index in [2.05, 4.69) is 36.7 Å². The number of nitrogens with one attached hydrogen (secondary N) is 2. The third-order valence-electron chi connectivity index (χ3n) is 3.09. The van der Waals surface area contributed by atoms with E-state index in [0.717, 1.165) is 18.2 Å². The lowest BCUT2D eigenvalue weighted by atomic mass is 9.83. The van der Waals surface area contributed by atoms with Crippen molar-refractivity contribution in [3.8, 4) is 0 Å². The van der Waals surface area contributed by atoms with Crippen molar-refractivity contribution in [1.29, 1.82) is 0 Å². The summed E-state index contributed by atoms with van der Waals surface area (Å²) in [6.07, 6.45) is 7.10. The summed E-state index contributed by atoms with van der Waals surface area (Å²) in [5, 5.41) is 13.7. The molecule has 1 saturated carbocycles. The van der Waals surface area contributed by atoms with Crippen molar-refractivity contribution in [2.75, 3.05) is 5.33 Å². The Bertz CT molecular complexity index is 346. The largest absolute Gasteiger partial charge is 0.344 e. The SMILES string of the molecule is O=C(NC1(CBr)CCCCC1)c1cn[nH]n1. The van der Waals surface area contributed by atoms with Gasteiger partial charge in [0.05, 0.1) is 11.7 Å². The monoisotopic (exact) mass is 286 g/mol. The van der Waals surface area contributed by atoms with E-state index >= 15 is 0 Å². The van der Waals surface area contributed by atoms with Crippen LogP contribution in [0.15, 0.2) is 6.20 Å². The van der Waals surface area contributed by atoms with Crippen molar-refractivity contribution in [3.05, 3.63) is 11.9 Å². The molecule has 1 aliphatic rings. The second kappa shape index (κ2) is 4.95. The zero-order chi connectivity index (χ0) is 11.4. The minimum atomic E-state index is -0.143. The van der Waals surface area contributed by atoms with Crippen LogP contribution in [0.2, 0.25) is 0 Å². The molecular weight excluding hydrogens is 272 g/mol. The molecule has 1 aliphatic carbocycles. The van der Waals surface area contributed by atoms with Crippen LogP contribution in [0.4, 0.5) is 0 Å². The Morgan fingerprint density at radius 3 is 2.81 bits per heavy atom. The van der Waals surface area contributed by atoms with E-state index in [4.69, 9.17) is 0 Å². The van der Waals surface area contributed by atoms with Crippen molar-refractivity contribution < 1.29 is 4.79 Å². The standard InChI is InChI=1S/C10H15BrN4O/c11-7-10(4-2-1-3-5-10)13-9(16)8-6-12-15-14-8/h6H,1-5,7H2,(H,13,16)(H,12,14,15). The average molecular weight is 287 g/mol. The maximum atomic E-state index is 11.9. The van der Waals surface area contributed by atoms with Gasteiger partial charge in [0.15, 0.2) is 5.69 Å². The number of hydrogen-bond donors (Lipinski definition) is 2. The topological polar surface area (TPSA) is 70.7 Å². The molecule has 0 radical (unpaired) electrons. The van der Waals surface area contributed by atoms with Gasteiger partial charge < -0.3 is 5.32 Å². The molecular formula is C10H15BrN4O. The molecule has 0 aliphatic heterocycles. The van der Waals surface area contributed by atoms with Crippen molar-refractivity contribution >= 4 is 21.8 Å². The molecule has 16 heavy (non-hydrogen) atoms. The predicted molar refractivity (Wildman–Crippen MR) is 63.5 cm³/mol. The van der Waals surface area contributed by atoms with E-state index in [1.807, 2.05) is 0 Å². The molecule has 1 heterocycles. The molecule has 1 amide bonds. The third kappa shape index (κ3) is 2.42. The number of H-pyrrole nitrogens is 1. The first-order chi connectivity index (χ1) is 7.76. The minimum absolute atomic E-state index is 0.103. The zero-order valence-corrected chi connectivity index (χ0v) is 10.6. The second-order valence-electron chi connectivity index (χ2n) is 4.28. The number of amides is 1. The van der Waals surface area contributed by atoms with Gasteiger partial charge in [-0.15, -0.1) is 0 Å². The smallest absolute Gasteiger partial charge is 0.273 e. The van der Waals surface area contributed by atoms with Gasteiger partial charge in [0.2, 0.25) is 0 Å². The van der Waals surface area contributed by atoms with Crippen LogP contribution in [0.5, 0.6) is 0 Å². The highest BCUT2D eigenvalue weighted by Crippen LogP contribution is 2.29. The molecule has 0 saturated heterocycles. The maximum Gasteiger partial charge on any atom is 0.273 e. The van der Waals surface area contributed by atoms with Crippen molar-refractivity contribution in [3.63, 3.8) is 0 Å². The van der Waals surface area contributed by atoms with E-state index in [1.165, 1.54) is 25.5 Å². The molecule has 6 heteroatoms. The van der Waals surface area contributed by atoms with Crippen LogP contribution in [0, 0.1) is 0 Å². The van der Waals surface area contributed by atoms with Gasteiger partial charge in [-0.3, -0.25) is 4.79 Å². The van der Waals surface area contributed by atoms with Crippen LogP contribution < -0.4 is 5.32 Å². The molecule has 0 atom stereocenters. The maximum absolute atomic E-state index is 11.9. The Morgan fingerprint density at radius 2 is 2.25 bits per heavy atom. The number of aromatic amines is 1. The lowest BCUT2D eigenvalue weighted by Gasteiger charge is -2.36. The summed E-state index contributed by atoms with van der Waals surface area (Å²) < 4.78 is 0. The summed E-state index contributed by atoms with van der Waals surface area (Å²) in [5.41, 5.74) is 0.250. The molecule has 2 rings (SSSR count). The van der Waals surface area contributed by atoms with E-state index < -0.39 is 0 Å². The second-order valence-corrected chi connectivity index (χ2v) is 4.84. The van der Waals surface area contributed by atoms with Gasteiger partial charge >= 0.3 is 0 Å². The fraction of sp³-hybridized carbons (Fsp3) is 0.700. The van der Waals surface area contributed by atoms with Crippen molar-refractivity contribution in [2.45, 2.75) is 37.6 Å². The highest BCUT2D eigenvalue weighted by Gasteiger charge is 2.33. The Kier molecular flexibility index (Phi) is 3.58. The van der Waals surface area contributed by atoms with Crippen molar-refractivity contribution in [1.82, 2.24) is 20.7 Å². The van der Waals surface area contributed by atoms with Gasteiger partial charge in [-0.05, 0) is 12.8 Å². The quantitative estimate of drug-likeness (QED) is 0.830. The van der Waals surface area contributed by atoms with Crippen LogP contribution in [-0.2, 0) is 0 Å². The minimum Gasteiger partial charge on any atom is -0.344 e. The highest BCUT2D eigenvalue weighted by atomic mass is 79.9. The Morgan fingerprint density at radius 1 is 1.50 bits per heavy atom. The van der Waals surface area contributed by atoms with E-state index in [-0.39, 0.29) is 11.4 Å². The van der Waals surface area contributed by atoms with Crippen LogP contribution >= 0.6 is 15.9 Å². The number of halogens is 1. The molecule has 1 aromatic rings. The molecule has 5 nitrogen and oxygen atoms in total. The Balaban J connectivity index is 2.03. The molecule has 1 aromatic heterocycles. The average Bonchev–Trinajstić information content (AvgIpc) is 2.84. The number of hydrogen-bond acceptors (Lipinski definition) is 3. The molecule has 88 valence electrons. The number of aromatic nitrogens is 3. The van der Waals surface area contributed by atoms with E-state index in [9.17, 15) is 4.79 Å². The number of rotatable bonds is 3. The molecule has 1 fully saturated rings. The van der Waals surface area contributed by atoms with Gasteiger partial charge in [-0.25, -0.2) is 0 Å². The summed E-state index contributed by atoms with van der Waals surface area (Å²) in [6.45, 7) is 0. The van der Waals surface area contributed by atoms with Crippen LogP contribution in [0.25, 0.3) is 0 Å². The number of alkyl halides is 1. The predicted octanol–water partition coefficient (Wildman–Crippen LogP) is 1.63. The first-order valence-electron chi connectivity index (χ1n) is 5.50. The molecule has 0 spiro atoms. The fourth-order valence-electron chi connectivity index (χ4n) is 2.14. The molecule has 0 unspecified atom stereocenters. The van der Waals surface area contributed by atoms with Gasteiger partial charge in [0.1, 0.15) is 0 Å². The fourth-order valence-corrected chi connectivity index (χ4v) is 2.84. The molecule has 2 N–H and O–H groups in total. The lowest BCUT2D eigenvalue weighted by Crippen LogP contribution is -2.51. The summed E-state index contributed by atoms with van der Waals surface area (Å²) in [5.74, 6) is -0.143. The van der Waals surface area contributed by atoms with Gasteiger partial charge in [-0.1, -0.05) is 35.2 Å². The zero-order valence-electron chi connectivity index (χ0n) is 9.00. The first-order valence-corrected chi connectivity index (χ1v) is 6.62. The summed E-state index contributed by atoms with van der Waals surface area (Å²) in [7, 11) is 0. The normalized spacial score (nSPS) is 19.3. The summed E-state index contributed by atoms with van der Waals surface area (Å²) in [4.78, 5) is 11.9. The molecule has 0 bridgehead atoms. The number of nitrogens with zero attached hydrogens (tertiary/aromatic N) is 2. The Hall–Kier alpha value is -0.910. The van der Waals surface area contributed by atoms with Gasteiger partial charge in [0, 0.05) is 5.33 Å². The summed E-state index contributed by atoms with van der Waals surface area (Å²) in [6, 6.07) is 0. The molecule has 0 aromatic carbocycles. The Labute approximate surface area is 103 Å². The number of carbonyl (C=O) groups is 1. The number of carbonyl (C=O) groups excluding carboxylic acids is 1. The third-order valence-corrected chi connectivity index (χ3v) is 4.17. The van der Waals surface area contributed by atoms with Gasteiger partial charge in [-0.2, -0.15) is 15.4 Å². The van der Waals surface area contributed by atoms with Crippen LogP contribution in [0.1, 0.15) is 42.6 Å². The highest BCUT2D eigenvalue weighted by molar-refractivity contribution is 9.09. The van der Waals surface area contributed by atoms with Crippen molar-refractivity contribution in [2.24, 2.45) is 0 Å². The van der Waals surface area contributed by atoms with E-state index in [0.29, 0.717) is 5.69 Å². The van der Waals surface area contributed by atoms with E-state index in [1.54, 1.807) is 0 Å². The first kappa shape index (κ1) is 11.6. The van der Waals surface area contributed by atoms with Crippen LogP contribution in [-0.4, -0.2) is 32.2 Å². The van der Waals surface area contributed by atoms with Crippen LogP contribution in [0.3, 0.4) is 0 Å². The lowest BCUT2D eigenvalue weighted by molar-refractivity contribution is 0.0881. The summed E-state index contributed by atoms with van der Waals surface area (Å²) >= 11 is 3.50. The van der Waals surface area contributed by atoms with Gasteiger partial charge in [0.25, 0.3) is 5.91 Å².